The second kappa shape index (κ2) is 9.47. The van der Waals surface area contributed by atoms with Gasteiger partial charge in [0.25, 0.3) is 5.56 Å². The van der Waals surface area contributed by atoms with Crippen molar-refractivity contribution in [3.8, 4) is 5.75 Å². The zero-order chi connectivity index (χ0) is 21.8. The molecule has 0 bridgehead atoms. The van der Waals surface area contributed by atoms with Crippen molar-refractivity contribution in [3.63, 3.8) is 0 Å². The number of benzene rings is 1. The summed E-state index contributed by atoms with van der Waals surface area (Å²) in [5.74, 6) is -0.227. The highest BCUT2D eigenvalue weighted by molar-refractivity contribution is 5.72. The Morgan fingerprint density at radius 3 is 2.37 bits per heavy atom. The van der Waals surface area contributed by atoms with Gasteiger partial charge in [-0.25, -0.2) is 0 Å². The minimum atomic E-state index is -0.361. The van der Waals surface area contributed by atoms with Gasteiger partial charge in [-0.05, 0) is 65.3 Å². The number of aromatic nitrogens is 1. The number of piperidine rings is 1. The maximum atomic E-state index is 13.3. The first-order valence-electron chi connectivity index (χ1n) is 10.8. The Bertz CT molecular complexity index is 941. The summed E-state index contributed by atoms with van der Waals surface area (Å²) in [5.41, 5.74) is 3.09. The van der Waals surface area contributed by atoms with Gasteiger partial charge in [0.2, 0.25) is 0 Å². The monoisotopic (exact) mass is 412 g/mol. The van der Waals surface area contributed by atoms with E-state index in [0.29, 0.717) is 44.6 Å². The first-order chi connectivity index (χ1) is 14.4. The molecule has 0 aliphatic carbocycles. The summed E-state index contributed by atoms with van der Waals surface area (Å²) in [6, 6.07) is 9.40. The summed E-state index contributed by atoms with van der Waals surface area (Å²) in [7, 11) is 0. The molecule has 30 heavy (non-hydrogen) atoms. The molecule has 2 heterocycles. The van der Waals surface area contributed by atoms with Crippen LogP contribution in [0.4, 0.5) is 0 Å². The minimum Gasteiger partial charge on any atom is -0.507 e. The Morgan fingerprint density at radius 1 is 1.17 bits per heavy atom. The van der Waals surface area contributed by atoms with E-state index in [1.165, 1.54) is 0 Å². The maximum absolute atomic E-state index is 13.3. The summed E-state index contributed by atoms with van der Waals surface area (Å²) in [4.78, 5) is 27.7. The molecule has 1 saturated heterocycles. The molecule has 1 aliphatic rings. The summed E-state index contributed by atoms with van der Waals surface area (Å²) in [6.45, 7) is 9.85. The van der Waals surface area contributed by atoms with Gasteiger partial charge in [0, 0.05) is 12.2 Å². The molecule has 2 aromatic rings. The third-order valence-corrected chi connectivity index (χ3v) is 6.02. The molecule has 0 saturated carbocycles. The molecular formula is C24H32N2O4. The van der Waals surface area contributed by atoms with Crippen LogP contribution >= 0.6 is 0 Å². The van der Waals surface area contributed by atoms with Crippen LogP contribution in [0.1, 0.15) is 55.1 Å². The number of aromatic hydroxyl groups is 1. The van der Waals surface area contributed by atoms with Gasteiger partial charge in [0.05, 0.1) is 24.1 Å². The fraction of sp³-hybridized carbons (Fsp3) is 0.500. The Kier molecular flexibility index (Phi) is 6.98. The first kappa shape index (κ1) is 22.1. The quantitative estimate of drug-likeness (QED) is 0.735. The second-order valence-electron chi connectivity index (χ2n) is 8.01. The molecule has 0 amide bonds. The number of hydrogen-bond acceptors (Lipinski definition) is 5. The fourth-order valence-corrected chi connectivity index (χ4v) is 4.38. The summed E-state index contributed by atoms with van der Waals surface area (Å²) in [6.07, 6.45) is 1.35. The van der Waals surface area contributed by atoms with Crippen molar-refractivity contribution in [3.05, 3.63) is 63.1 Å². The minimum absolute atomic E-state index is 0.0280. The third-order valence-electron chi connectivity index (χ3n) is 6.02. The fourth-order valence-electron chi connectivity index (χ4n) is 4.38. The highest BCUT2D eigenvalue weighted by atomic mass is 16.5. The molecule has 0 unspecified atom stereocenters. The van der Waals surface area contributed by atoms with Crippen molar-refractivity contribution in [1.82, 2.24) is 9.47 Å². The van der Waals surface area contributed by atoms with Crippen LogP contribution < -0.4 is 5.56 Å². The van der Waals surface area contributed by atoms with Crippen molar-refractivity contribution >= 4 is 5.97 Å². The number of ether oxygens (including phenoxy) is 1. The maximum Gasteiger partial charge on any atom is 0.309 e. The molecule has 1 fully saturated rings. The zero-order valence-electron chi connectivity index (χ0n) is 18.4. The normalized spacial score (nSPS) is 16.4. The van der Waals surface area contributed by atoms with Crippen LogP contribution in [0.5, 0.6) is 5.75 Å². The number of esters is 1. The molecular weight excluding hydrogens is 380 g/mol. The average Bonchev–Trinajstić information content (AvgIpc) is 2.72. The molecule has 0 radical (unpaired) electrons. The van der Waals surface area contributed by atoms with E-state index in [4.69, 9.17) is 4.74 Å². The van der Waals surface area contributed by atoms with E-state index in [-0.39, 0.29) is 29.2 Å². The highest BCUT2D eigenvalue weighted by Gasteiger charge is 2.34. The lowest BCUT2D eigenvalue weighted by Gasteiger charge is -2.37. The summed E-state index contributed by atoms with van der Waals surface area (Å²) in [5, 5.41) is 10.8. The number of hydrogen-bond donors (Lipinski definition) is 1. The second-order valence-corrected chi connectivity index (χ2v) is 8.01. The summed E-state index contributed by atoms with van der Waals surface area (Å²) >= 11 is 0. The van der Waals surface area contributed by atoms with Gasteiger partial charge in [-0.1, -0.05) is 29.8 Å². The van der Waals surface area contributed by atoms with Crippen LogP contribution in [0.3, 0.4) is 0 Å². The molecule has 6 nitrogen and oxygen atoms in total. The molecule has 3 rings (SSSR count). The van der Waals surface area contributed by atoms with E-state index in [0.717, 1.165) is 16.8 Å². The molecule has 1 aromatic heterocycles. The largest absolute Gasteiger partial charge is 0.507 e. The number of pyridine rings is 1. The lowest BCUT2D eigenvalue weighted by atomic mass is 9.91. The molecule has 1 N–H and O–H groups in total. The van der Waals surface area contributed by atoms with Crippen molar-refractivity contribution in [1.29, 1.82) is 0 Å². The molecule has 1 aromatic carbocycles. The Labute approximate surface area is 178 Å². The average molecular weight is 413 g/mol. The van der Waals surface area contributed by atoms with E-state index in [1.807, 2.05) is 52.0 Å². The van der Waals surface area contributed by atoms with Gasteiger partial charge in [0.1, 0.15) is 5.75 Å². The SMILES string of the molecule is CCOC(=O)C1CCN([C@@H](c2ccc(C)cc2)c2c(O)cc(C)n(CC)c2=O)CC1. The van der Waals surface area contributed by atoms with E-state index in [9.17, 15) is 14.7 Å². The zero-order valence-corrected chi connectivity index (χ0v) is 18.4. The van der Waals surface area contributed by atoms with Crippen LogP contribution in [-0.4, -0.2) is 40.2 Å². The van der Waals surface area contributed by atoms with Crippen LogP contribution in [0, 0.1) is 19.8 Å². The van der Waals surface area contributed by atoms with Crippen molar-refractivity contribution in [2.45, 2.75) is 53.1 Å². The van der Waals surface area contributed by atoms with Gasteiger partial charge < -0.3 is 14.4 Å². The van der Waals surface area contributed by atoms with Crippen molar-refractivity contribution in [2.24, 2.45) is 5.92 Å². The van der Waals surface area contributed by atoms with Gasteiger partial charge in [-0.2, -0.15) is 0 Å². The standard InChI is InChI=1S/C24H32N2O4/c1-5-26-17(4)15-20(27)21(23(26)28)22(18-9-7-16(3)8-10-18)25-13-11-19(12-14-25)24(29)30-6-2/h7-10,15,19,22,27H,5-6,11-14H2,1-4H3/t22-/m0/s1. The van der Waals surface area contributed by atoms with E-state index < -0.39 is 0 Å². The van der Waals surface area contributed by atoms with Crippen LogP contribution in [0.2, 0.25) is 0 Å². The van der Waals surface area contributed by atoms with Crippen molar-refractivity contribution in [2.75, 3.05) is 19.7 Å². The molecule has 1 aliphatic heterocycles. The van der Waals surface area contributed by atoms with Crippen molar-refractivity contribution < 1.29 is 14.6 Å². The van der Waals surface area contributed by atoms with E-state index in [1.54, 1.807) is 10.6 Å². The molecule has 0 spiro atoms. The van der Waals surface area contributed by atoms with Gasteiger partial charge in [-0.15, -0.1) is 0 Å². The Balaban J connectivity index is 2.01. The smallest absolute Gasteiger partial charge is 0.309 e. The number of carbonyl (C=O) groups is 1. The van der Waals surface area contributed by atoms with Crippen LogP contribution in [0.15, 0.2) is 35.1 Å². The summed E-state index contributed by atoms with van der Waals surface area (Å²) < 4.78 is 6.89. The van der Waals surface area contributed by atoms with Gasteiger partial charge >= 0.3 is 5.97 Å². The number of carbonyl (C=O) groups excluding carboxylic acids is 1. The number of likely N-dealkylation sites (tertiary alicyclic amines) is 1. The Hall–Kier alpha value is -2.60. The van der Waals surface area contributed by atoms with Crippen LogP contribution in [0.25, 0.3) is 0 Å². The van der Waals surface area contributed by atoms with E-state index in [2.05, 4.69) is 4.90 Å². The lowest BCUT2D eigenvalue weighted by Crippen LogP contribution is -2.42. The lowest BCUT2D eigenvalue weighted by molar-refractivity contribution is -0.149. The molecule has 162 valence electrons. The number of nitrogens with zero attached hydrogens (tertiary/aromatic N) is 2. The Morgan fingerprint density at radius 2 is 1.80 bits per heavy atom. The molecule has 6 heteroatoms. The van der Waals surface area contributed by atoms with E-state index >= 15 is 0 Å². The highest BCUT2D eigenvalue weighted by Crippen LogP contribution is 2.35. The number of rotatable bonds is 6. The van der Waals surface area contributed by atoms with Crippen LogP contribution in [-0.2, 0) is 16.1 Å². The topological polar surface area (TPSA) is 71.8 Å². The van der Waals surface area contributed by atoms with Gasteiger partial charge in [0.15, 0.2) is 0 Å². The van der Waals surface area contributed by atoms with Gasteiger partial charge in [-0.3, -0.25) is 14.5 Å². The predicted molar refractivity (Wildman–Crippen MR) is 117 cm³/mol. The third kappa shape index (κ3) is 4.43. The number of aryl methyl sites for hydroxylation is 2. The molecule has 1 atom stereocenters. The predicted octanol–water partition coefficient (Wildman–Crippen LogP) is 3.56. The first-order valence-corrected chi connectivity index (χ1v) is 10.8.